The topological polar surface area (TPSA) is 79.0 Å². The zero-order valence-corrected chi connectivity index (χ0v) is 14.0. The standard InChI is InChI=1S/C15H15ClN4O2S/c1-19-7-6-18-15(19)10-20(12-3-4-12)23(21,22)13-5-2-11(9-17)14(16)8-13/h2,5-8,12H,3-4,10H2,1H3. The lowest BCUT2D eigenvalue weighted by Crippen LogP contribution is -2.33. The number of benzene rings is 1. The molecule has 0 N–H and O–H groups in total. The van der Waals surface area contributed by atoms with Crippen molar-refractivity contribution in [2.45, 2.75) is 30.3 Å². The quantitative estimate of drug-likeness (QED) is 0.828. The molecule has 0 aliphatic heterocycles. The van der Waals surface area contributed by atoms with Crippen molar-refractivity contribution in [1.82, 2.24) is 13.9 Å². The van der Waals surface area contributed by atoms with E-state index in [9.17, 15) is 8.42 Å². The molecule has 23 heavy (non-hydrogen) atoms. The fraction of sp³-hybridized carbons (Fsp3) is 0.333. The number of halogens is 1. The van der Waals surface area contributed by atoms with E-state index in [2.05, 4.69) is 4.98 Å². The zero-order chi connectivity index (χ0) is 16.6. The van der Waals surface area contributed by atoms with Gasteiger partial charge in [0.25, 0.3) is 0 Å². The van der Waals surface area contributed by atoms with Gasteiger partial charge < -0.3 is 4.57 Å². The number of aryl methyl sites for hydroxylation is 1. The number of nitrogens with zero attached hydrogens (tertiary/aromatic N) is 4. The molecule has 1 saturated carbocycles. The molecule has 0 saturated heterocycles. The van der Waals surface area contributed by atoms with E-state index in [0.717, 1.165) is 12.8 Å². The molecular weight excluding hydrogens is 336 g/mol. The van der Waals surface area contributed by atoms with Crippen molar-refractivity contribution in [3.05, 3.63) is 47.0 Å². The van der Waals surface area contributed by atoms with Crippen molar-refractivity contribution in [1.29, 1.82) is 5.26 Å². The van der Waals surface area contributed by atoms with Gasteiger partial charge in [-0.15, -0.1) is 0 Å². The van der Waals surface area contributed by atoms with Crippen LogP contribution < -0.4 is 0 Å². The van der Waals surface area contributed by atoms with Gasteiger partial charge in [0.1, 0.15) is 11.9 Å². The molecule has 3 rings (SSSR count). The molecule has 1 aromatic heterocycles. The van der Waals surface area contributed by atoms with Crippen LogP contribution in [0.4, 0.5) is 0 Å². The van der Waals surface area contributed by atoms with E-state index in [0.29, 0.717) is 5.82 Å². The van der Waals surface area contributed by atoms with Crippen molar-refractivity contribution in [2.75, 3.05) is 0 Å². The number of imidazole rings is 1. The second-order valence-corrected chi connectivity index (χ2v) is 7.79. The molecule has 1 heterocycles. The molecule has 0 radical (unpaired) electrons. The van der Waals surface area contributed by atoms with E-state index in [1.807, 2.05) is 13.1 Å². The summed E-state index contributed by atoms with van der Waals surface area (Å²) < 4.78 is 29.2. The summed E-state index contributed by atoms with van der Waals surface area (Å²) in [5, 5.41) is 9.06. The monoisotopic (exact) mass is 350 g/mol. The van der Waals surface area contributed by atoms with E-state index in [4.69, 9.17) is 16.9 Å². The minimum absolute atomic E-state index is 0.00822. The summed E-state index contributed by atoms with van der Waals surface area (Å²) >= 11 is 5.98. The molecule has 1 fully saturated rings. The van der Waals surface area contributed by atoms with Crippen LogP contribution in [-0.4, -0.2) is 28.3 Å². The maximum Gasteiger partial charge on any atom is 0.243 e. The highest BCUT2D eigenvalue weighted by molar-refractivity contribution is 7.89. The third-order valence-corrected chi connectivity index (χ3v) is 6.05. The Morgan fingerprint density at radius 1 is 1.48 bits per heavy atom. The van der Waals surface area contributed by atoms with E-state index in [1.54, 1.807) is 17.0 Å². The number of hydrogen-bond donors (Lipinski definition) is 0. The van der Waals surface area contributed by atoms with Gasteiger partial charge in [-0.2, -0.15) is 9.57 Å². The average Bonchev–Trinajstić information content (AvgIpc) is 3.27. The summed E-state index contributed by atoms with van der Waals surface area (Å²) in [6.07, 6.45) is 5.11. The Morgan fingerprint density at radius 3 is 2.74 bits per heavy atom. The van der Waals surface area contributed by atoms with Crippen molar-refractivity contribution >= 4 is 21.6 Å². The van der Waals surface area contributed by atoms with Crippen LogP contribution >= 0.6 is 11.6 Å². The maximum atomic E-state index is 13.0. The van der Waals surface area contributed by atoms with E-state index in [-0.39, 0.29) is 28.1 Å². The predicted molar refractivity (Wildman–Crippen MR) is 85.1 cm³/mol. The van der Waals surface area contributed by atoms with Gasteiger partial charge in [0, 0.05) is 25.5 Å². The van der Waals surface area contributed by atoms with E-state index >= 15 is 0 Å². The highest BCUT2D eigenvalue weighted by Crippen LogP contribution is 2.34. The van der Waals surface area contributed by atoms with Gasteiger partial charge in [-0.25, -0.2) is 13.4 Å². The minimum Gasteiger partial charge on any atom is -0.337 e. The second-order valence-electron chi connectivity index (χ2n) is 5.49. The summed E-state index contributed by atoms with van der Waals surface area (Å²) in [6, 6.07) is 6.11. The Labute approximate surface area is 140 Å². The summed E-state index contributed by atoms with van der Waals surface area (Å²) in [7, 11) is -1.86. The van der Waals surface area contributed by atoms with Crippen molar-refractivity contribution in [3.8, 4) is 6.07 Å². The Hall–Kier alpha value is -1.88. The van der Waals surface area contributed by atoms with Crippen molar-refractivity contribution in [2.24, 2.45) is 7.05 Å². The molecule has 1 aliphatic carbocycles. The van der Waals surface area contributed by atoms with Gasteiger partial charge in [0.15, 0.2) is 0 Å². The van der Waals surface area contributed by atoms with Crippen LogP contribution in [0.15, 0.2) is 35.5 Å². The fourth-order valence-electron chi connectivity index (χ4n) is 2.34. The number of nitriles is 1. The van der Waals surface area contributed by atoms with Crippen LogP contribution in [0.2, 0.25) is 5.02 Å². The zero-order valence-electron chi connectivity index (χ0n) is 12.5. The molecule has 0 atom stereocenters. The van der Waals surface area contributed by atoms with Gasteiger partial charge in [-0.05, 0) is 31.0 Å². The third kappa shape index (κ3) is 3.11. The lowest BCUT2D eigenvalue weighted by Gasteiger charge is -2.21. The van der Waals surface area contributed by atoms with Gasteiger partial charge in [-0.3, -0.25) is 0 Å². The third-order valence-electron chi connectivity index (χ3n) is 3.84. The first-order valence-corrected chi connectivity index (χ1v) is 8.93. The molecular formula is C15H15ClN4O2S. The molecule has 120 valence electrons. The van der Waals surface area contributed by atoms with Crippen LogP contribution in [0, 0.1) is 11.3 Å². The highest BCUT2D eigenvalue weighted by Gasteiger charge is 2.38. The largest absolute Gasteiger partial charge is 0.337 e. The minimum atomic E-state index is -3.69. The molecule has 0 unspecified atom stereocenters. The number of rotatable bonds is 5. The lowest BCUT2D eigenvalue weighted by molar-refractivity contribution is 0.385. The first-order chi connectivity index (χ1) is 10.9. The van der Waals surface area contributed by atoms with Crippen LogP contribution in [-0.2, 0) is 23.6 Å². The molecule has 0 spiro atoms. The molecule has 0 amide bonds. The van der Waals surface area contributed by atoms with Gasteiger partial charge in [-0.1, -0.05) is 11.6 Å². The maximum absolute atomic E-state index is 13.0. The van der Waals surface area contributed by atoms with Crippen LogP contribution in [0.25, 0.3) is 0 Å². The number of aromatic nitrogens is 2. The second kappa shape index (κ2) is 5.96. The smallest absolute Gasteiger partial charge is 0.243 e. The molecule has 2 aromatic rings. The summed E-state index contributed by atoms with van der Waals surface area (Å²) in [5.74, 6) is 0.681. The lowest BCUT2D eigenvalue weighted by atomic mass is 10.2. The molecule has 1 aromatic carbocycles. The van der Waals surface area contributed by atoms with Crippen LogP contribution in [0.3, 0.4) is 0 Å². The Kier molecular flexibility index (Phi) is 4.15. The first-order valence-electron chi connectivity index (χ1n) is 7.11. The molecule has 8 heteroatoms. The number of hydrogen-bond acceptors (Lipinski definition) is 4. The molecule has 6 nitrogen and oxygen atoms in total. The molecule has 1 aliphatic rings. The Bertz CT molecular complexity index is 881. The first kappa shape index (κ1) is 16.0. The fourth-order valence-corrected chi connectivity index (χ4v) is 4.30. The molecule has 0 bridgehead atoms. The van der Waals surface area contributed by atoms with Crippen LogP contribution in [0.1, 0.15) is 24.2 Å². The SMILES string of the molecule is Cn1ccnc1CN(C1CC1)S(=O)(=O)c1ccc(C#N)c(Cl)c1. The normalized spacial score (nSPS) is 14.9. The summed E-state index contributed by atoms with van der Waals surface area (Å²) in [5.41, 5.74) is 0.257. The highest BCUT2D eigenvalue weighted by atomic mass is 35.5. The van der Waals surface area contributed by atoms with Gasteiger partial charge in [0.05, 0.1) is 22.0 Å². The van der Waals surface area contributed by atoms with Gasteiger partial charge in [0.2, 0.25) is 10.0 Å². The van der Waals surface area contributed by atoms with Crippen LogP contribution in [0.5, 0.6) is 0 Å². The van der Waals surface area contributed by atoms with E-state index < -0.39 is 10.0 Å². The van der Waals surface area contributed by atoms with Crippen molar-refractivity contribution < 1.29 is 8.42 Å². The summed E-state index contributed by atoms with van der Waals surface area (Å²) in [4.78, 5) is 4.31. The van der Waals surface area contributed by atoms with Gasteiger partial charge >= 0.3 is 0 Å². The predicted octanol–water partition coefficient (Wildman–Crippen LogP) is 2.30. The van der Waals surface area contributed by atoms with E-state index in [1.165, 1.54) is 22.5 Å². The average molecular weight is 351 g/mol. The summed E-state index contributed by atoms with van der Waals surface area (Å²) in [6.45, 7) is 0.216. The van der Waals surface area contributed by atoms with Crippen molar-refractivity contribution in [3.63, 3.8) is 0 Å². The Morgan fingerprint density at radius 2 is 2.22 bits per heavy atom. The number of sulfonamides is 1. The Balaban J connectivity index is 1.97.